The number of aryl methyl sites for hydroxylation is 2. The van der Waals surface area contributed by atoms with Crippen molar-refractivity contribution in [2.24, 2.45) is 0 Å². The van der Waals surface area contributed by atoms with Crippen LogP contribution in [0.4, 0.5) is 0 Å². The van der Waals surface area contributed by atoms with Crippen molar-refractivity contribution >= 4 is 33.2 Å². The number of halogens is 1. The monoisotopic (exact) mass is 552 g/mol. The molecule has 0 radical (unpaired) electrons. The maximum Gasteiger partial charge on any atom is 0.260 e. The molecule has 1 aliphatic carbocycles. The number of aromatic nitrogens is 2. The highest BCUT2D eigenvalue weighted by Crippen LogP contribution is 2.40. The number of nitrogens with zero attached hydrogens (tertiary/aromatic N) is 1. The summed E-state index contributed by atoms with van der Waals surface area (Å²) < 4.78 is 22.8. The van der Waals surface area contributed by atoms with Gasteiger partial charge >= 0.3 is 0 Å². The van der Waals surface area contributed by atoms with Crippen LogP contribution < -0.4 is 24.5 Å². The van der Waals surface area contributed by atoms with Gasteiger partial charge < -0.3 is 23.9 Å². The molecule has 0 saturated carbocycles. The van der Waals surface area contributed by atoms with Gasteiger partial charge in [0.25, 0.3) is 5.56 Å². The Morgan fingerprint density at radius 3 is 2.63 bits per heavy atom. The average Bonchev–Trinajstić information content (AvgIpc) is 3.31. The van der Waals surface area contributed by atoms with E-state index in [1.54, 1.807) is 37.7 Å². The summed E-state index contributed by atoms with van der Waals surface area (Å²) in [6, 6.07) is 9.26. The van der Waals surface area contributed by atoms with Crippen molar-refractivity contribution in [2.45, 2.75) is 32.1 Å². The third-order valence-corrected chi connectivity index (χ3v) is 7.99. The summed E-state index contributed by atoms with van der Waals surface area (Å²) in [7, 11) is 3.15. The average molecular weight is 553 g/mol. The predicted molar refractivity (Wildman–Crippen MR) is 152 cm³/mol. The summed E-state index contributed by atoms with van der Waals surface area (Å²) in [6.07, 6.45) is 6.79. The number of fused-ring (bicyclic) bond motifs is 3. The first-order valence-electron chi connectivity index (χ1n) is 12.5. The van der Waals surface area contributed by atoms with Gasteiger partial charge in [-0.1, -0.05) is 23.7 Å². The highest BCUT2D eigenvalue weighted by Gasteiger charge is 2.21. The van der Waals surface area contributed by atoms with Gasteiger partial charge in [0.1, 0.15) is 23.9 Å². The van der Waals surface area contributed by atoms with Crippen molar-refractivity contribution < 1.29 is 18.9 Å². The summed E-state index contributed by atoms with van der Waals surface area (Å²) >= 11 is 8.21. The molecule has 7 nitrogen and oxygen atoms in total. The zero-order chi connectivity index (χ0) is 26.6. The van der Waals surface area contributed by atoms with Gasteiger partial charge in [-0.05, 0) is 67.5 Å². The van der Waals surface area contributed by atoms with Crippen LogP contribution in [-0.2, 0) is 19.3 Å². The highest BCUT2D eigenvalue weighted by atomic mass is 35.5. The normalized spacial score (nSPS) is 12.7. The van der Waals surface area contributed by atoms with Crippen molar-refractivity contribution in [3.63, 3.8) is 0 Å². The van der Waals surface area contributed by atoms with Gasteiger partial charge in [0, 0.05) is 10.4 Å². The maximum absolute atomic E-state index is 13.0. The molecule has 0 saturated heterocycles. The lowest BCUT2D eigenvalue weighted by Crippen LogP contribution is -2.12. The summed E-state index contributed by atoms with van der Waals surface area (Å²) in [5, 5.41) is 1.07. The summed E-state index contributed by atoms with van der Waals surface area (Å²) in [4.78, 5) is 22.7. The Morgan fingerprint density at radius 2 is 1.84 bits per heavy atom. The van der Waals surface area contributed by atoms with Gasteiger partial charge in [-0.3, -0.25) is 4.79 Å². The number of aromatic amines is 1. The lowest BCUT2D eigenvalue weighted by atomic mass is 9.97. The van der Waals surface area contributed by atoms with Crippen LogP contribution in [0.2, 0.25) is 5.02 Å². The van der Waals surface area contributed by atoms with Gasteiger partial charge in [-0.2, -0.15) is 0 Å². The molecular formula is C29H29ClN2O5S. The van der Waals surface area contributed by atoms with E-state index >= 15 is 0 Å². The van der Waals surface area contributed by atoms with E-state index in [1.165, 1.54) is 4.88 Å². The molecule has 5 rings (SSSR count). The molecule has 0 bridgehead atoms. The van der Waals surface area contributed by atoms with Gasteiger partial charge in [-0.15, -0.1) is 17.9 Å². The predicted octanol–water partition coefficient (Wildman–Crippen LogP) is 6.39. The van der Waals surface area contributed by atoms with Crippen molar-refractivity contribution in [3.05, 3.63) is 74.4 Å². The smallest absolute Gasteiger partial charge is 0.260 e. The number of methoxy groups -OCH3 is 2. The van der Waals surface area contributed by atoms with Crippen molar-refractivity contribution in [1.82, 2.24) is 9.97 Å². The number of H-pyrrole nitrogens is 1. The fraction of sp³-hybridized carbons (Fsp3) is 0.310. The second kappa shape index (κ2) is 11.5. The van der Waals surface area contributed by atoms with Crippen molar-refractivity contribution in [3.8, 4) is 34.4 Å². The number of hydrogen-bond acceptors (Lipinski definition) is 7. The first-order valence-corrected chi connectivity index (χ1v) is 13.7. The number of rotatable bonds is 10. The van der Waals surface area contributed by atoms with Crippen LogP contribution in [-0.4, -0.2) is 37.4 Å². The second-order valence-electron chi connectivity index (χ2n) is 8.97. The molecule has 0 amide bonds. The number of benzene rings is 2. The fourth-order valence-corrected chi connectivity index (χ4v) is 6.24. The Bertz CT molecular complexity index is 1540. The van der Waals surface area contributed by atoms with E-state index in [4.69, 9.17) is 35.5 Å². The molecule has 0 atom stereocenters. The minimum Gasteiger partial charge on any atom is -0.493 e. The molecule has 0 unspecified atom stereocenters. The SMILES string of the molecule is C=CCc1ccc(OCCOc2c(Cl)cc(-c3nc4sc5c(c4c(=O)[nH]3)CCCC5)cc2OC)c(OC)c1. The van der Waals surface area contributed by atoms with E-state index in [2.05, 4.69) is 11.6 Å². The Hall–Kier alpha value is -3.49. The summed E-state index contributed by atoms with van der Waals surface area (Å²) in [5.74, 6) is 2.55. The number of allylic oxidation sites excluding steroid dienone is 1. The molecule has 2 aromatic carbocycles. The van der Waals surface area contributed by atoms with Gasteiger partial charge in [-0.25, -0.2) is 4.98 Å². The lowest BCUT2D eigenvalue weighted by Gasteiger charge is -2.15. The van der Waals surface area contributed by atoms with Crippen molar-refractivity contribution in [2.75, 3.05) is 27.4 Å². The molecule has 0 spiro atoms. The van der Waals surface area contributed by atoms with Gasteiger partial charge in [0.15, 0.2) is 23.0 Å². The zero-order valence-electron chi connectivity index (χ0n) is 21.4. The lowest BCUT2D eigenvalue weighted by molar-refractivity contribution is 0.206. The van der Waals surface area contributed by atoms with E-state index in [0.717, 1.165) is 53.4 Å². The minimum atomic E-state index is -0.120. The van der Waals surface area contributed by atoms with Crippen molar-refractivity contribution in [1.29, 1.82) is 0 Å². The van der Waals surface area contributed by atoms with E-state index in [9.17, 15) is 4.79 Å². The molecular weight excluding hydrogens is 524 g/mol. The standard InChI is InChI=1S/C29H29ClN2O5S/c1-4-7-17-10-11-21(22(14-17)34-2)36-12-13-37-26-20(30)15-18(16-23(26)35-3)27-31-28(33)25-19-8-5-6-9-24(19)38-29(25)32-27/h4,10-11,14-16H,1,5-9,12-13H2,2-3H3,(H,31,32,33). The van der Waals surface area contributed by atoms with E-state index in [-0.39, 0.29) is 18.8 Å². The number of thiophene rings is 1. The van der Waals surface area contributed by atoms with E-state index < -0.39 is 0 Å². The molecule has 9 heteroatoms. The topological polar surface area (TPSA) is 82.7 Å². The Labute approximate surface area is 230 Å². The first-order chi connectivity index (χ1) is 18.5. The highest BCUT2D eigenvalue weighted by molar-refractivity contribution is 7.18. The van der Waals surface area contributed by atoms with E-state index in [1.807, 2.05) is 24.3 Å². The molecule has 1 N–H and O–H groups in total. The summed E-state index contributed by atoms with van der Waals surface area (Å²) in [6.45, 7) is 4.27. The van der Waals surface area contributed by atoms with Crippen LogP contribution >= 0.6 is 22.9 Å². The third kappa shape index (κ3) is 5.24. The maximum atomic E-state index is 13.0. The molecule has 198 valence electrons. The van der Waals surface area contributed by atoms with Gasteiger partial charge in [0.2, 0.25) is 0 Å². The molecule has 1 aliphatic rings. The summed E-state index contributed by atoms with van der Waals surface area (Å²) in [5.41, 5.74) is 2.77. The van der Waals surface area contributed by atoms with Crippen LogP contribution in [0.1, 0.15) is 28.8 Å². The second-order valence-corrected chi connectivity index (χ2v) is 10.5. The fourth-order valence-electron chi connectivity index (χ4n) is 4.72. The molecule has 2 aromatic heterocycles. The minimum absolute atomic E-state index is 0.120. The Kier molecular flexibility index (Phi) is 7.90. The van der Waals surface area contributed by atoms with Crippen LogP contribution in [0.25, 0.3) is 21.6 Å². The largest absolute Gasteiger partial charge is 0.493 e. The van der Waals surface area contributed by atoms with Gasteiger partial charge in [0.05, 0.1) is 24.6 Å². The molecule has 38 heavy (non-hydrogen) atoms. The molecule has 0 aliphatic heterocycles. The first kappa shape index (κ1) is 26.1. The van der Waals surface area contributed by atoms with Crippen LogP contribution in [0.3, 0.4) is 0 Å². The van der Waals surface area contributed by atoms with Crippen LogP contribution in [0.5, 0.6) is 23.0 Å². The van der Waals surface area contributed by atoms with E-state index in [0.29, 0.717) is 39.4 Å². The number of nitrogens with one attached hydrogen (secondary N) is 1. The van der Waals surface area contributed by atoms with Crippen LogP contribution in [0.15, 0.2) is 47.8 Å². The zero-order valence-corrected chi connectivity index (χ0v) is 23.0. The quantitative estimate of drug-likeness (QED) is 0.181. The number of hydrogen-bond donors (Lipinski definition) is 1. The van der Waals surface area contributed by atoms with Crippen LogP contribution in [0, 0.1) is 0 Å². The molecule has 4 aromatic rings. The third-order valence-electron chi connectivity index (χ3n) is 6.52. The Morgan fingerprint density at radius 1 is 1.05 bits per heavy atom. The molecule has 0 fully saturated rings. The number of ether oxygens (including phenoxy) is 4. The Balaban J connectivity index is 1.32. The molecule has 2 heterocycles.